The summed E-state index contributed by atoms with van der Waals surface area (Å²) in [4.78, 5) is 16.4. The molecule has 2 aliphatic rings. The second kappa shape index (κ2) is 5.67. The van der Waals surface area contributed by atoms with Gasteiger partial charge in [-0.2, -0.15) is 0 Å². The van der Waals surface area contributed by atoms with Gasteiger partial charge >= 0.3 is 0 Å². The van der Waals surface area contributed by atoms with Crippen molar-refractivity contribution >= 4 is 17.0 Å². The monoisotopic (exact) mass is 331 g/mol. The van der Waals surface area contributed by atoms with Crippen molar-refractivity contribution in [2.75, 3.05) is 31.2 Å². The molecule has 4 rings (SSSR count). The third kappa shape index (κ3) is 2.65. The molecule has 0 aromatic carbocycles. The van der Waals surface area contributed by atoms with E-state index in [0.29, 0.717) is 13.2 Å². The molecule has 130 valence electrons. The van der Waals surface area contributed by atoms with E-state index in [1.54, 1.807) is 0 Å². The first-order chi connectivity index (χ1) is 11.4. The lowest BCUT2D eigenvalue weighted by atomic mass is 9.96. The number of imidazole rings is 1. The van der Waals surface area contributed by atoms with Gasteiger partial charge in [0.05, 0.1) is 25.1 Å². The van der Waals surface area contributed by atoms with Gasteiger partial charge in [-0.3, -0.25) is 0 Å². The van der Waals surface area contributed by atoms with Crippen molar-refractivity contribution in [3.8, 4) is 0 Å². The van der Waals surface area contributed by atoms with Crippen LogP contribution in [0.3, 0.4) is 0 Å². The Morgan fingerprint density at radius 3 is 2.71 bits per heavy atom. The normalized spacial score (nSPS) is 25.1. The molecule has 0 bridgehead atoms. The van der Waals surface area contributed by atoms with Gasteiger partial charge in [-0.1, -0.05) is 20.8 Å². The molecule has 2 atom stereocenters. The fourth-order valence-corrected chi connectivity index (χ4v) is 3.40. The summed E-state index contributed by atoms with van der Waals surface area (Å²) in [7, 11) is 0. The predicted molar refractivity (Wildman–Crippen MR) is 91.3 cm³/mol. The van der Waals surface area contributed by atoms with E-state index >= 15 is 0 Å². The van der Waals surface area contributed by atoms with E-state index < -0.39 is 0 Å². The molecular formula is C17H25N5O2. The van der Waals surface area contributed by atoms with Gasteiger partial charge in [-0.15, -0.1) is 0 Å². The molecule has 7 heteroatoms. The number of aliphatic hydroxyl groups excluding tert-OH is 1. The number of ether oxygens (including phenoxy) is 1. The summed E-state index contributed by atoms with van der Waals surface area (Å²) >= 11 is 0. The number of anilines is 1. The number of rotatable bonds is 2. The topological polar surface area (TPSA) is 76.3 Å². The Balaban J connectivity index is 1.87. The van der Waals surface area contributed by atoms with Crippen LogP contribution in [0.15, 0.2) is 6.33 Å². The highest BCUT2D eigenvalue weighted by Gasteiger charge is 2.29. The Hall–Kier alpha value is -1.73. The maximum absolute atomic E-state index is 9.91. The van der Waals surface area contributed by atoms with E-state index in [2.05, 4.69) is 35.2 Å². The molecule has 7 nitrogen and oxygen atoms in total. The molecule has 0 spiro atoms. The van der Waals surface area contributed by atoms with E-state index in [1.165, 1.54) is 0 Å². The highest BCUT2D eigenvalue weighted by Crippen LogP contribution is 2.32. The van der Waals surface area contributed by atoms with E-state index in [1.807, 2.05) is 6.33 Å². The Morgan fingerprint density at radius 2 is 2.08 bits per heavy atom. The molecule has 0 radical (unpaired) electrons. The lowest BCUT2D eigenvalue weighted by molar-refractivity contribution is 0.187. The molecule has 0 amide bonds. The number of aliphatic hydroxyl groups is 1. The van der Waals surface area contributed by atoms with Crippen molar-refractivity contribution in [3.63, 3.8) is 0 Å². The zero-order valence-corrected chi connectivity index (χ0v) is 14.6. The SMILES string of the molecule is CC(C)(C)c1nc(N2CCC(O)C2)c2ncn(C3CCOC3)c2n1. The smallest absolute Gasteiger partial charge is 0.166 e. The molecule has 4 heterocycles. The van der Waals surface area contributed by atoms with Crippen LogP contribution in [0.4, 0.5) is 5.82 Å². The van der Waals surface area contributed by atoms with Crippen LogP contribution in [0.2, 0.25) is 0 Å². The van der Waals surface area contributed by atoms with E-state index in [9.17, 15) is 5.11 Å². The first-order valence-electron chi connectivity index (χ1n) is 8.69. The summed E-state index contributed by atoms with van der Waals surface area (Å²) in [6.45, 7) is 9.26. The van der Waals surface area contributed by atoms with Gasteiger partial charge in [0.15, 0.2) is 17.0 Å². The van der Waals surface area contributed by atoms with Gasteiger partial charge in [0, 0.05) is 25.1 Å². The van der Waals surface area contributed by atoms with Crippen LogP contribution >= 0.6 is 0 Å². The van der Waals surface area contributed by atoms with E-state index in [0.717, 1.165) is 48.8 Å². The molecule has 2 fully saturated rings. The van der Waals surface area contributed by atoms with Gasteiger partial charge in [0.2, 0.25) is 0 Å². The largest absolute Gasteiger partial charge is 0.391 e. The second-order valence-electron chi connectivity index (χ2n) is 7.85. The zero-order valence-electron chi connectivity index (χ0n) is 14.6. The van der Waals surface area contributed by atoms with Crippen LogP contribution in [0.25, 0.3) is 11.2 Å². The first-order valence-corrected chi connectivity index (χ1v) is 8.69. The molecule has 2 saturated heterocycles. The van der Waals surface area contributed by atoms with Crippen molar-refractivity contribution in [1.82, 2.24) is 19.5 Å². The molecule has 1 N–H and O–H groups in total. The Labute approximate surface area is 141 Å². The van der Waals surface area contributed by atoms with Crippen LogP contribution < -0.4 is 4.90 Å². The number of nitrogens with zero attached hydrogens (tertiary/aromatic N) is 5. The first kappa shape index (κ1) is 15.8. The summed E-state index contributed by atoms with van der Waals surface area (Å²) < 4.78 is 7.67. The Morgan fingerprint density at radius 1 is 1.25 bits per heavy atom. The van der Waals surface area contributed by atoms with Crippen molar-refractivity contribution in [2.24, 2.45) is 0 Å². The van der Waals surface area contributed by atoms with Crippen molar-refractivity contribution in [1.29, 1.82) is 0 Å². The minimum Gasteiger partial charge on any atom is -0.391 e. The summed E-state index contributed by atoms with van der Waals surface area (Å²) in [5.41, 5.74) is 1.55. The fraction of sp³-hybridized carbons (Fsp3) is 0.706. The molecule has 2 aliphatic heterocycles. The third-order valence-corrected chi connectivity index (χ3v) is 4.84. The van der Waals surface area contributed by atoms with Crippen molar-refractivity contribution in [3.05, 3.63) is 12.2 Å². The summed E-state index contributed by atoms with van der Waals surface area (Å²) in [6.07, 6.45) is 3.32. The molecule has 2 aromatic heterocycles. The molecule has 0 aliphatic carbocycles. The summed E-state index contributed by atoms with van der Waals surface area (Å²) in [6, 6.07) is 0.287. The second-order valence-corrected chi connectivity index (χ2v) is 7.85. The van der Waals surface area contributed by atoms with Gasteiger partial charge in [0.25, 0.3) is 0 Å². The molecule has 2 unspecified atom stereocenters. The molecule has 0 saturated carbocycles. The zero-order chi connectivity index (χ0) is 16.9. The molecular weight excluding hydrogens is 306 g/mol. The highest BCUT2D eigenvalue weighted by molar-refractivity contribution is 5.84. The Kier molecular flexibility index (Phi) is 3.73. The average molecular weight is 331 g/mol. The number of hydrogen-bond donors (Lipinski definition) is 1. The maximum atomic E-state index is 9.91. The van der Waals surface area contributed by atoms with Gasteiger partial charge in [-0.25, -0.2) is 15.0 Å². The molecule has 24 heavy (non-hydrogen) atoms. The minimum absolute atomic E-state index is 0.150. The summed E-state index contributed by atoms with van der Waals surface area (Å²) in [5, 5.41) is 9.91. The van der Waals surface area contributed by atoms with Crippen LogP contribution in [-0.4, -0.2) is 57.0 Å². The van der Waals surface area contributed by atoms with Gasteiger partial charge in [-0.05, 0) is 12.8 Å². The predicted octanol–water partition coefficient (Wildman–Crippen LogP) is 1.66. The number of β-amino-alcohol motifs (C(OH)–C–C–N with tert-alkyl or cyclic N) is 1. The Bertz CT molecular complexity index is 745. The van der Waals surface area contributed by atoms with E-state index in [4.69, 9.17) is 14.7 Å². The third-order valence-electron chi connectivity index (χ3n) is 4.84. The van der Waals surface area contributed by atoms with Crippen molar-refractivity contribution < 1.29 is 9.84 Å². The molecule has 2 aromatic rings. The minimum atomic E-state index is -0.293. The lowest BCUT2D eigenvalue weighted by Crippen LogP contribution is -2.25. The van der Waals surface area contributed by atoms with Crippen molar-refractivity contribution in [2.45, 2.75) is 51.2 Å². The quantitative estimate of drug-likeness (QED) is 0.902. The fourth-order valence-electron chi connectivity index (χ4n) is 3.40. The number of aromatic nitrogens is 4. The highest BCUT2D eigenvalue weighted by atomic mass is 16.5. The maximum Gasteiger partial charge on any atom is 0.166 e. The van der Waals surface area contributed by atoms with Gasteiger partial charge < -0.3 is 19.3 Å². The van der Waals surface area contributed by atoms with Crippen LogP contribution in [-0.2, 0) is 10.2 Å². The van der Waals surface area contributed by atoms with Crippen LogP contribution in [0.5, 0.6) is 0 Å². The number of hydrogen-bond acceptors (Lipinski definition) is 6. The van der Waals surface area contributed by atoms with E-state index in [-0.39, 0.29) is 17.6 Å². The average Bonchev–Trinajstić information content (AvgIpc) is 3.24. The summed E-state index contributed by atoms with van der Waals surface area (Å²) in [5.74, 6) is 1.66. The van der Waals surface area contributed by atoms with Crippen LogP contribution in [0, 0.1) is 0 Å². The number of fused-ring (bicyclic) bond motifs is 1. The standard InChI is InChI=1S/C17H25N5O2/c1-17(2,3)16-19-14(21-6-4-12(23)8-21)13-15(20-16)22(10-18-13)11-5-7-24-9-11/h10-12,23H,4-9H2,1-3H3. The lowest BCUT2D eigenvalue weighted by Gasteiger charge is -2.22. The van der Waals surface area contributed by atoms with Crippen LogP contribution in [0.1, 0.15) is 45.5 Å². The van der Waals surface area contributed by atoms with Gasteiger partial charge in [0.1, 0.15) is 5.82 Å².